The van der Waals surface area contributed by atoms with E-state index in [0.29, 0.717) is 12.5 Å². The van der Waals surface area contributed by atoms with Crippen molar-refractivity contribution >= 4 is 0 Å². The molecule has 0 amide bonds. The van der Waals surface area contributed by atoms with Gasteiger partial charge in [-0.3, -0.25) is 0 Å². The van der Waals surface area contributed by atoms with Gasteiger partial charge in [0.15, 0.2) is 0 Å². The van der Waals surface area contributed by atoms with Crippen LogP contribution in [0.4, 0.5) is 0 Å². The summed E-state index contributed by atoms with van der Waals surface area (Å²) in [5.41, 5.74) is 0. The zero-order valence-corrected chi connectivity index (χ0v) is 8.86. The van der Waals surface area contributed by atoms with Gasteiger partial charge in [-0.2, -0.15) is 0 Å². The molecule has 0 bridgehead atoms. The van der Waals surface area contributed by atoms with Crippen LogP contribution in [-0.2, 0) is 0 Å². The normalized spacial score (nSPS) is 10.3. The van der Waals surface area contributed by atoms with Crippen LogP contribution < -0.4 is 9.47 Å². The first-order valence-electron chi connectivity index (χ1n) is 4.50. The molecule has 0 saturated heterocycles. The monoisotopic (exact) mass is 196 g/mol. The molecule has 4 heteroatoms. The van der Waals surface area contributed by atoms with Gasteiger partial charge in [0.25, 0.3) is 0 Å². The topological polar surface area (TPSA) is 34.6 Å². The Morgan fingerprint density at radius 3 is 2.64 bits per heavy atom. The average molecular weight is 196 g/mol. The molecule has 0 aromatic carbocycles. The Balaban J connectivity index is 2.36. The summed E-state index contributed by atoms with van der Waals surface area (Å²) < 4.78 is 10.4. The molecule has 0 spiro atoms. The van der Waals surface area contributed by atoms with E-state index in [-0.39, 0.29) is 0 Å². The van der Waals surface area contributed by atoms with Crippen LogP contribution in [-0.4, -0.2) is 44.2 Å². The van der Waals surface area contributed by atoms with Gasteiger partial charge in [0.1, 0.15) is 12.4 Å². The Morgan fingerprint density at radius 2 is 2.14 bits per heavy atom. The van der Waals surface area contributed by atoms with Crippen LogP contribution in [0.2, 0.25) is 0 Å². The second-order valence-electron chi connectivity index (χ2n) is 3.19. The number of rotatable bonds is 5. The van der Waals surface area contributed by atoms with Gasteiger partial charge in [0, 0.05) is 12.6 Å². The Hall–Kier alpha value is -1.29. The predicted octanol–water partition coefficient (Wildman–Crippen LogP) is 1.03. The van der Waals surface area contributed by atoms with Gasteiger partial charge in [-0.05, 0) is 20.2 Å². The second-order valence-corrected chi connectivity index (χ2v) is 3.19. The molecular weight excluding hydrogens is 180 g/mol. The number of likely N-dealkylation sites (N-methyl/N-ethyl adjacent to an activating group) is 1. The predicted molar refractivity (Wildman–Crippen MR) is 54.8 cm³/mol. The number of pyridine rings is 1. The van der Waals surface area contributed by atoms with E-state index in [4.69, 9.17) is 9.47 Å². The molecule has 14 heavy (non-hydrogen) atoms. The molecule has 1 aromatic heterocycles. The first-order valence-corrected chi connectivity index (χ1v) is 4.50. The van der Waals surface area contributed by atoms with Gasteiger partial charge in [-0.25, -0.2) is 4.98 Å². The van der Waals surface area contributed by atoms with E-state index in [0.717, 1.165) is 12.3 Å². The largest absolute Gasteiger partial charge is 0.491 e. The van der Waals surface area contributed by atoms with Crippen molar-refractivity contribution in [3.63, 3.8) is 0 Å². The van der Waals surface area contributed by atoms with Crippen LogP contribution in [0.1, 0.15) is 0 Å². The van der Waals surface area contributed by atoms with Crippen LogP contribution in [0.3, 0.4) is 0 Å². The Kier molecular flexibility index (Phi) is 4.19. The number of nitrogens with zero attached hydrogens (tertiary/aromatic N) is 2. The molecule has 0 N–H and O–H groups in total. The van der Waals surface area contributed by atoms with Gasteiger partial charge in [0.05, 0.1) is 13.3 Å². The van der Waals surface area contributed by atoms with Gasteiger partial charge in [0.2, 0.25) is 5.88 Å². The zero-order valence-electron chi connectivity index (χ0n) is 8.86. The van der Waals surface area contributed by atoms with Gasteiger partial charge in [-0.1, -0.05) is 0 Å². The quantitative estimate of drug-likeness (QED) is 0.704. The summed E-state index contributed by atoms with van der Waals surface area (Å²) in [6.07, 6.45) is 1.66. The summed E-state index contributed by atoms with van der Waals surface area (Å²) in [6.45, 7) is 1.56. The molecule has 0 aliphatic heterocycles. The highest BCUT2D eigenvalue weighted by molar-refractivity contribution is 5.22. The minimum atomic E-state index is 0.602. The third kappa shape index (κ3) is 3.62. The number of aromatic nitrogens is 1. The number of methoxy groups -OCH3 is 1. The van der Waals surface area contributed by atoms with Gasteiger partial charge < -0.3 is 14.4 Å². The van der Waals surface area contributed by atoms with Crippen molar-refractivity contribution in [2.75, 3.05) is 34.4 Å². The van der Waals surface area contributed by atoms with Gasteiger partial charge >= 0.3 is 0 Å². The van der Waals surface area contributed by atoms with Crippen molar-refractivity contribution in [1.82, 2.24) is 9.88 Å². The van der Waals surface area contributed by atoms with E-state index in [1.165, 1.54) is 0 Å². The SMILES string of the molecule is COc1ccc(OCCN(C)C)cn1. The molecule has 0 radical (unpaired) electrons. The average Bonchev–Trinajstić information content (AvgIpc) is 2.18. The van der Waals surface area contributed by atoms with E-state index in [2.05, 4.69) is 9.88 Å². The lowest BCUT2D eigenvalue weighted by Gasteiger charge is -2.10. The number of hydrogen-bond donors (Lipinski definition) is 0. The maximum atomic E-state index is 5.46. The molecule has 0 aliphatic carbocycles. The molecule has 0 saturated carbocycles. The van der Waals surface area contributed by atoms with E-state index in [1.54, 1.807) is 19.4 Å². The summed E-state index contributed by atoms with van der Waals surface area (Å²) >= 11 is 0. The number of ether oxygens (including phenoxy) is 2. The summed E-state index contributed by atoms with van der Waals surface area (Å²) in [5.74, 6) is 1.37. The lowest BCUT2D eigenvalue weighted by molar-refractivity contribution is 0.260. The Labute approximate surface area is 84.5 Å². The van der Waals surface area contributed by atoms with Crippen LogP contribution in [0, 0.1) is 0 Å². The van der Waals surface area contributed by atoms with Crippen LogP contribution in [0.5, 0.6) is 11.6 Å². The van der Waals surface area contributed by atoms with E-state index in [1.807, 2.05) is 20.2 Å². The molecule has 78 valence electrons. The minimum absolute atomic E-state index is 0.602. The standard InChI is InChI=1S/C10H16N2O2/c1-12(2)6-7-14-9-4-5-10(13-3)11-8-9/h4-5,8H,6-7H2,1-3H3. The van der Waals surface area contributed by atoms with Crippen LogP contribution in [0.25, 0.3) is 0 Å². The molecule has 0 aliphatic rings. The Morgan fingerprint density at radius 1 is 1.36 bits per heavy atom. The lowest BCUT2D eigenvalue weighted by Crippen LogP contribution is -2.19. The summed E-state index contributed by atoms with van der Waals surface area (Å²) in [4.78, 5) is 6.10. The third-order valence-electron chi connectivity index (χ3n) is 1.73. The molecule has 1 heterocycles. The first kappa shape index (κ1) is 10.8. The highest BCUT2D eigenvalue weighted by Crippen LogP contribution is 2.12. The minimum Gasteiger partial charge on any atom is -0.491 e. The molecular formula is C10H16N2O2. The van der Waals surface area contributed by atoms with Crippen molar-refractivity contribution in [2.24, 2.45) is 0 Å². The lowest BCUT2D eigenvalue weighted by atomic mass is 10.4. The fraction of sp³-hybridized carbons (Fsp3) is 0.500. The van der Waals surface area contributed by atoms with Gasteiger partial charge in [-0.15, -0.1) is 0 Å². The van der Waals surface area contributed by atoms with Crippen molar-refractivity contribution in [3.8, 4) is 11.6 Å². The zero-order chi connectivity index (χ0) is 10.4. The van der Waals surface area contributed by atoms with Crippen molar-refractivity contribution in [1.29, 1.82) is 0 Å². The molecule has 1 aromatic rings. The molecule has 0 unspecified atom stereocenters. The highest BCUT2D eigenvalue weighted by Gasteiger charge is 1.96. The first-order chi connectivity index (χ1) is 6.72. The van der Waals surface area contributed by atoms with Crippen LogP contribution in [0.15, 0.2) is 18.3 Å². The second kappa shape index (κ2) is 5.44. The van der Waals surface area contributed by atoms with E-state index < -0.39 is 0 Å². The van der Waals surface area contributed by atoms with E-state index >= 15 is 0 Å². The Bertz CT molecular complexity index is 259. The van der Waals surface area contributed by atoms with Crippen molar-refractivity contribution in [2.45, 2.75) is 0 Å². The molecule has 4 nitrogen and oxygen atoms in total. The van der Waals surface area contributed by atoms with E-state index in [9.17, 15) is 0 Å². The summed E-state index contributed by atoms with van der Waals surface area (Å²) in [5, 5.41) is 0. The maximum absolute atomic E-state index is 5.46. The fourth-order valence-electron chi connectivity index (χ4n) is 0.919. The van der Waals surface area contributed by atoms with Crippen molar-refractivity contribution in [3.05, 3.63) is 18.3 Å². The molecule has 0 atom stereocenters. The molecule has 0 fully saturated rings. The number of hydrogen-bond acceptors (Lipinski definition) is 4. The third-order valence-corrected chi connectivity index (χ3v) is 1.73. The van der Waals surface area contributed by atoms with Crippen molar-refractivity contribution < 1.29 is 9.47 Å². The fourth-order valence-corrected chi connectivity index (χ4v) is 0.919. The summed E-state index contributed by atoms with van der Waals surface area (Å²) in [7, 11) is 5.61. The maximum Gasteiger partial charge on any atom is 0.213 e. The molecule has 1 rings (SSSR count). The van der Waals surface area contributed by atoms with Crippen LogP contribution >= 0.6 is 0 Å². The smallest absolute Gasteiger partial charge is 0.213 e. The highest BCUT2D eigenvalue weighted by atomic mass is 16.5. The summed E-state index contributed by atoms with van der Waals surface area (Å²) in [6, 6.07) is 3.63.